The Balaban J connectivity index is 2.27. The smallest absolute Gasteiger partial charge is 0.313 e. The second kappa shape index (κ2) is 6.51. The molecule has 5 nitrogen and oxygen atoms in total. The van der Waals surface area contributed by atoms with Crippen LogP contribution in [0.2, 0.25) is 0 Å². The van der Waals surface area contributed by atoms with Crippen molar-refractivity contribution in [1.82, 2.24) is 14.8 Å². The third kappa shape index (κ3) is 3.36. The van der Waals surface area contributed by atoms with Crippen molar-refractivity contribution in [3.05, 3.63) is 41.5 Å². The minimum atomic E-state index is -0.923. The van der Waals surface area contributed by atoms with Crippen LogP contribution in [0.5, 0.6) is 0 Å². The number of aliphatic carboxylic acids is 1. The number of carboxylic acids is 1. The lowest BCUT2D eigenvalue weighted by atomic mass is 10.2. The summed E-state index contributed by atoms with van der Waals surface area (Å²) in [6.45, 7) is 2.22. The van der Waals surface area contributed by atoms with Crippen molar-refractivity contribution in [2.75, 3.05) is 5.75 Å². The zero-order chi connectivity index (χ0) is 14.5. The van der Waals surface area contributed by atoms with Crippen molar-refractivity contribution in [2.45, 2.75) is 25.0 Å². The summed E-state index contributed by atoms with van der Waals surface area (Å²) >= 11 is 1.08. The standard InChI is InChI=1S/C13H14FN3O2S/c1-2-11-15-16-13(20-8-12(18)19)17(11)7-9-5-3-4-6-10(9)14/h3-6H,2,7-8H2,1H3,(H,18,19). The highest BCUT2D eigenvalue weighted by Crippen LogP contribution is 2.19. The van der Waals surface area contributed by atoms with Gasteiger partial charge in [-0.3, -0.25) is 4.79 Å². The maximum Gasteiger partial charge on any atom is 0.313 e. The van der Waals surface area contributed by atoms with Crippen LogP contribution in [-0.2, 0) is 17.8 Å². The van der Waals surface area contributed by atoms with Gasteiger partial charge in [-0.1, -0.05) is 36.9 Å². The lowest BCUT2D eigenvalue weighted by Crippen LogP contribution is -2.08. The summed E-state index contributed by atoms with van der Waals surface area (Å²) in [6, 6.07) is 6.49. The molecule has 0 aliphatic rings. The number of nitrogens with zero attached hydrogens (tertiary/aromatic N) is 3. The molecule has 1 aromatic carbocycles. The molecule has 0 bridgehead atoms. The average Bonchev–Trinajstić information content (AvgIpc) is 2.81. The molecule has 1 aromatic heterocycles. The van der Waals surface area contributed by atoms with Gasteiger partial charge in [0.25, 0.3) is 0 Å². The van der Waals surface area contributed by atoms with Gasteiger partial charge in [-0.05, 0) is 6.07 Å². The minimum absolute atomic E-state index is 0.0981. The lowest BCUT2D eigenvalue weighted by Gasteiger charge is -2.09. The van der Waals surface area contributed by atoms with Gasteiger partial charge in [0, 0.05) is 12.0 Å². The summed E-state index contributed by atoms with van der Waals surface area (Å²) in [5.41, 5.74) is 0.527. The fourth-order valence-corrected chi connectivity index (χ4v) is 2.45. The van der Waals surface area contributed by atoms with Crippen molar-refractivity contribution in [2.24, 2.45) is 0 Å². The van der Waals surface area contributed by atoms with Crippen LogP contribution < -0.4 is 0 Å². The van der Waals surface area contributed by atoms with E-state index in [4.69, 9.17) is 5.11 Å². The SMILES string of the molecule is CCc1nnc(SCC(=O)O)n1Cc1ccccc1F. The predicted octanol–water partition coefficient (Wildman–Crippen LogP) is 2.20. The highest BCUT2D eigenvalue weighted by Gasteiger charge is 2.14. The molecule has 0 spiro atoms. The molecule has 2 aromatic rings. The highest BCUT2D eigenvalue weighted by molar-refractivity contribution is 7.99. The summed E-state index contributed by atoms with van der Waals surface area (Å²) < 4.78 is 15.5. The quantitative estimate of drug-likeness (QED) is 0.828. The van der Waals surface area contributed by atoms with Crippen LogP contribution in [0.1, 0.15) is 18.3 Å². The first-order valence-electron chi connectivity index (χ1n) is 6.12. The molecule has 0 unspecified atom stereocenters. The van der Waals surface area contributed by atoms with Crippen LogP contribution in [0.3, 0.4) is 0 Å². The number of aryl methyl sites for hydroxylation is 1. The molecule has 0 aliphatic carbocycles. The van der Waals surface area contributed by atoms with E-state index in [-0.39, 0.29) is 11.6 Å². The van der Waals surface area contributed by atoms with E-state index in [9.17, 15) is 9.18 Å². The molecule has 0 amide bonds. The van der Waals surface area contributed by atoms with Crippen molar-refractivity contribution >= 4 is 17.7 Å². The second-order valence-corrected chi connectivity index (χ2v) is 5.05. The number of benzene rings is 1. The number of hydrogen-bond donors (Lipinski definition) is 1. The van der Waals surface area contributed by atoms with Gasteiger partial charge in [0.05, 0.1) is 12.3 Å². The fourth-order valence-electron chi connectivity index (χ4n) is 1.77. The van der Waals surface area contributed by atoms with Gasteiger partial charge >= 0.3 is 5.97 Å². The molecule has 2 rings (SSSR count). The Kier molecular flexibility index (Phi) is 4.73. The number of thioether (sulfide) groups is 1. The first-order chi connectivity index (χ1) is 9.61. The van der Waals surface area contributed by atoms with Gasteiger partial charge in [0.1, 0.15) is 11.6 Å². The van der Waals surface area contributed by atoms with Gasteiger partial charge in [0.15, 0.2) is 5.16 Å². The number of rotatable bonds is 6. The zero-order valence-electron chi connectivity index (χ0n) is 10.9. The molecule has 1 heterocycles. The third-order valence-corrected chi connectivity index (χ3v) is 3.67. The Morgan fingerprint density at radius 1 is 1.40 bits per heavy atom. The van der Waals surface area contributed by atoms with E-state index >= 15 is 0 Å². The van der Waals surface area contributed by atoms with Crippen LogP contribution in [-0.4, -0.2) is 31.6 Å². The van der Waals surface area contributed by atoms with Gasteiger partial charge in [-0.15, -0.1) is 10.2 Å². The number of carbonyl (C=O) groups is 1. The van der Waals surface area contributed by atoms with Crippen molar-refractivity contribution in [3.8, 4) is 0 Å². The van der Waals surface area contributed by atoms with Crippen molar-refractivity contribution < 1.29 is 14.3 Å². The lowest BCUT2D eigenvalue weighted by molar-refractivity contribution is -0.133. The monoisotopic (exact) mass is 295 g/mol. The third-order valence-electron chi connectivity index (χ3n) is 2.72. The predicted molar refractivity (Wildman–Crippen MR) is 73.3 cm³/mol. The first-order valence-corrected chi connectivity index (χ1v) is 7.10. The molecule has 1 N–H and O–H groups in total. The molecular weight excluding hydrogens is 281 g/mol. The van der Waals surface area contributed by atoms with E-state index in [1.165, 1.54) is 6.07 Å². The van der Waals surface area contributed by atoms with Gasteiger partial charge in [-0.2, -0.15) is 0 Å². The minimum Gasteiger partial charge on any atom is -0.481 e. The van der Waals surface area contributed by atoms with E-state index in [0.29, 0.717) is 29.5 Å². The van der Waals surface area contributed by atoms with E-state index < -0.39 is 5.97 Å². The molecule has 0 radical (unpaired) electrons. The Hall–Kier alpha value is -1.89. The molecule has 0 atom stereocenters. The topological polar surface area (TPSA) is 68.0 Å². The van der Waals surface area contributed by atoms with Crippen LogP contribution in [0.4, 0.5) is 4.39 Å². The number of carboxylic acid groups (broad SMARTS) is 1. The van der Waals surface area contributed by atoms with E-state index in [1.807, 2.05) is 6.92 Å². The number of aromatic nitrogens is 3. The molecule has 7 heteroatoms. The maximum atomic E-state index is 13.7. The van der Waals surface area contributed by atoms with Gasteiger partial charge in [0.2, 0.25) is 0 Å². The fraction of sp³-hybridized carbons (Fsp3) is 0.308. The van der Waals surface area contributed by atoms with Crippen LogP contribution in [0.15, 0.2) is 29.4 Å². The average molecular weight is 295 g/mol. The Morgan fingerprint density at radius 2 is 2.15 bits per heavy atom. The second-order valence-electron chi connectivity index (χ2n) is 4.11. The maximum absolute atomic E-state index is 13.7. The van der Waals surface area contributed by atoms with Crippen LogP contribution in [0, 0.1) is 5.82 Å². The largest absolute Gasteiger partial charge is 0.481 e. The van der Waals surface area contributed by atoms with Crippen LogP contribution >= 0.6 is 11.8 Å². The summed E-state index contributed by atoms with van der Waals surface area (Å²) in [4.78, 5) is 10.6. The van der Waals surface area contributed by atoms with Crippen molar-refractivity contribution in [1.29, 1.82) is 0 Å². The molecule has 20 heavy (non-hydrogen) atoms. The van der Waals surface area contributed by atoms with E-state index in [0.717, 1.165) is 11.8 Å². The molecule has 0 fully saturated rings. The van der Waals surface area contributed by atoms with E-state index in [2.05, 4.69) is 10.2 Å². The summed E-state index contributed by atoms with van der Waals surface area (Å²) in [7, 11) is 0. The Bertz CT molecular complexity index is 615. The zero-order valence-corrected chi connectivity index (χ0v) is 11.7. The first kappa shape index (κ1) is 14.5. The number of hydrogen-bond acceptors (Lipinski definition) is 4. The van der Waals surface area contributed by atoms with E-state index in [1.54, 1.807) is 22.8 Å². The summed E-state index contributed by atoms with van der Waals surface area (Å²) in [5, 5.41) is 17.2. The molecule has 0 saturated carbocycles. The molecule has 0 aliphatic heterocycles. The van der Waals surface area contributed by atoms with Gasteiger partial charge < -0.3 is 9.67 Å². The normalized spacial score (nSPS) is 10.7. The summed E-state index contributed by atoms with van der Waals surface area (Å²) in [5.74, 6) is -0.605. The Morgan fingerprint density at radius 3 is 2.80 bits per heavy atom. The highest BCUT2D eigenvalue weighted by atomic mass is 32.2. The van der Waals surface area contributed by atoms with Gasteiger partial charge in [-0.25, -0.2) is 4.39 Å². The summed E-state index contributed by atoms with van der Waals surface area (Å²) in [6.07, 6.45) is 0.648. The molecule has 0 saturated heterocycles. The Labute approximate surface area is 119 Å². The molecular formula is C13H14FN3O2S. The van der Waals surface area contributed by atoms with Crippen molar-refractivity contribution in [3.63, 3.8) is 0 Å². The van der Waals surface area contributed by atoms with Crippen LogP contribution in [0.25, 0.3) is 0 Å². The molecule has 106 valence electrons. The number of halogens is 1.